The second kappa shape index (κ2) is 3.87. The molecule has 17 heavy (non-hydrogen) atoms. The highest BCUT2D eigenvalue weighted by atomic mass is 16.5. The minimum absolute atomic E-state index is 0.0293. The lowest BCUT2D eigenvalue weighted by Gasteiger charge is -2.22. The fourth-order valence-electron chi connectivity index (χ4n) is 2.26. The van der Waals surface area contributed by atoms with Crippen molar-refractivity contribution < 1.29 is 14.4 Å². The summed E-state index contributed by atoms with van der Waals surface area (Å²) in [7, 11) is 0. The van der Waals surface area contributed by atoms with Gasteiger partial charge >= 0.3 is 5.97 Å². The minimum atomic E-state index is -0.827. The molecule has 1 heterocycles. The first-order valence-corrected chi connectivity index (χ1v) is 5.84. The van der Waals surface area contributed by atoms with Gasteiger partial charge in [0, 0.05) is 11.3 Å². The zero-order valence-electron chi connectivity index (χ0n) is 9.35. The van der Waals surface area contributed by atoms with Gasteiger partial charge in [-0.1, -0.05) is 17.6 Å². The van der Waals surface area contributed by atoms with Crippen LogP contribution in [0.1, 0.15) is 36.5 Å². The van der Waals surface area contributed by atoms with Gasteiger partial charge in [-0.15, -0.1) is 0 Å². The normalized spacial score (nSPS) is 16.0. The third-order valence-corrected chi connectivity index (χ3v) is 3.40. The van der Waals surface area contributed by atoms with Gasteiger partial charge in [-0.2, -0.15) is 0 Å². The number of fused-ring (bicyclic) bond motifs is 1. The lowest BCUT2D eigenvalue weighted by atomic mass is 9.82. The third kappa shape index (κ3) is 1.79. The van der Waals surface area contributed by atoms with Crippen molar-refractivity contribution in [2.75, 3.05) is 0 Å². The number of hydrogen-bond acceptors (Lipinski definition) is 3. The van der Waals surface area contributed by atoms with Gasteiger partial charge in [0.1, 0.15) is 11.3 Å². The maximum absolute atomic E-state index is 10.6. The van der Waals surface area contributed by atoms with Crippen LogP contribution in [0.5, 0.6) is 0 Å². The Morgan fingerprint density at radius 2 is 2.29 bits per heavy atom. The van der Waals surface area contributed by atoms with E-state index in [4.69, 9.17) is 9.63 Å². The zero-order valence-corrected chi connectivity index (χ0v) is 9.35. The number of carboxylic acids is 1. The predicted molar refractivity (Wildman–Crippen MR) is 61.9 cm³/mol. The van der Waals surface area contributed by atoms with Crippen LogP contribution >= 0.6 is 0 Å². The number of hydrogen-bond donors (Lipinski definition) is 1. The second-order valence-corrected chi connectivity index (χ2v) is 4.60. The maximum Gasteiger partial charge on any atom is 0.307 e. The van der Waals surface area contributed by atoms with Crippen LogP contribution < -0.4 is 0 Å². The number of benzene rings is 1. The van der Waals surface area contributed by atoms with E-state index in [1.54, 1.807) is 6.07 Å². The Kier molecular flexibility index (Phi) is 2.35. The van der Waals surface area contributed by atoms with Crippen LogP contribution in [-0.2, 0) is 11.2 Å². The Bertz CT molecular complexity index is 569. The SMILES string of the molecule is O=C(O)Cc1ccc2c(C3CCC3)onc2c1. The molecule has 0 atom stereocenters. The summed E-state index contributed by atoms with van der Waals surface area (Å²) < 4.78 is 5.38. The minimum Gasteiger partial charge on any atom is -0.481 e. The zero-order chi connectivity index (χ0) is 11.8. The molecule has 4 heteroatoms. The van der Waals surface area contributed by atoms with Gasteiger partial charge in [-0.25, -0.2) is 0 Å². The molecule has 0 unspecified atom stereocenters. The molecule has 1 aliphatic rings. The largest absolute Gasteiger partial charge is 0.481 e. The molecule has 1 N–H and O–H groups in total. The first-order chi connectivity index (χ1) is 8.24. The van der Waals surface area contributed by atoms with E-state index in [2.05, 4.69) is 5.16 Å². The topological polar surface area (TPSA) is 63.3 Å². The Balaban J connectivity index is 1.98. The highest BCUT2D eigenvalue weighted by molar-refractivity contribution is 5.83. The van der Waals surface area contributed by atoms with E-state index >= 15 is 0 Å². The van der Waals surface area contributed by atoms with Crippen LogP contribution in [0.4, 0.5) is 0 Å². The summed E-state index contributed by atoms with van der Waals surface area (Å²) in [5.41, 5.74) is 1.53. The van der Waals surface area contributed by atoms with Crippen LogP contribution in [0, 0.1) is 0 Å². The summed E-state index contributed by atoms with van der Waals surface area (Å²) in [6.07, 6.45) is 3.62. The van der Waals surface area contributed by atoms with E-state index in [0.29, 0.717) is 5.92 Å². The molecule has 0 amide bonds. The van der Waals surface area contributed by atoms with E-state index in [1.165, 1.54) is 19.3 Å². The molecule has 4 nitrogen and oxygen atoms in total. The fourth-order valence-corrected chi connectivity index (χ4v) is 2.26. The number of rotatable bonds is 3. The molecular formula is C13H13NO3. The first kappa shape index (κ1) is 10.3. The van der Waals surface area contributed by atoms with E-state index in [-0.39, 0.29) is 6.42 Å². The Morgan fingerprint density at radius 3 is 2.94 bits per heavy atom. The number of aliphatic carboxylic acids is 1. The molecule has 0 saturated heterocycles. The summed E-state index contributed by atoms with van der Waals surface area (Å²) in [6, 6.07) is 5.57. The Morgan fingerprint density at radius 1 is 1.47 bits per heavy atom. The van der Waals surface area contributed by atoms with Crippen LogP contribution in [0.25, 0.3) is 10.9 Å². The molecule has 3 rings (SSSR count). The Hall–Kier alpha value is -1.84. The van der Waals surface area contributed by atoms with Crippen molar-refractivity contribution >= 4 is 16.9 Å². The van der Waals surface area contributed by atoms with Crippen molar-refractivity contribution in [1.29, 1.82) is 0 Å². The maximum atomic E-state index is 10.6. The summed E-state index contributed by atoms with van der Waals surface area (Å²) in [5, 5.41) is 13.8. The van der Waals surface area contributed by atoms with Crippen LogP contribution in [0.15, 0.2) is 22.7 Å². The van der Waals surface area contributed by atoms with E-state index in [0.717, 1.165) is 22.2 Å². The average molecular weight is 231 g/mol. The van der Waals surface area contributed by atoms with Gasteiger partial charge < -0.3 is 9.63 Å². The third-order valence-electron chi connectivity index (χ3n) is 3.40. The molecule has 0 spiro atoms. The fraction of sp³-hybridized carbons (Fsp3) is 0.385. The van der Waals surface area contributed by atoms with Crippen molar-refractivity contribution in [3.63, 3.8) is 0 Å². The van der Waals surface area contributed by atoms with Gasteiger partial charge in [-0.05, 0) is 30.5 Å². The van der Waals surface area contributed by atoms with Crippen molar-refractivity contribution in [2.45, 2.75) is 31.6 Å². The second-order valence-electron chi connectivity index (χ2n) is 4.60. The first-order valence-electron chi connectivity index (χ1n) is 5.84. The van der Waals surface area contributed by atoms with Gasteiger partial charge in [0.15, 0.2) is 0 Å². The molecule has 1 aromatic carbocycles. The molecule has 1 aromatic heterocycles. The van der Waals surface area contributed by atoms with Crippen LogP contribution in [0.2, 0.25) is 0 Å². The quantitative estimate of drug-likeness (QED) is 0.882. The average Bonchev–Trinajstić information content (AvgIpc) is 2.58. The van der Waals surface area contributed by atoms with Gasteiger partial charge in [0.2, 0.25) is 0 Å². The van der Waals surface area contributed by atoms with Gasteiger partial charge in [-0.3, -0.25) is 4.79 Å². The van der Waals surface area contributed by atoms with Crippen LogP contribution in [0.3, 0.4) is 0 Å². The van der Waals surface area contributed by atoms with Crippen molar-refractivity contribution in [2.24, 2.45) is 0 Å². The highest BCUT2D eigenvalue weighted by Crippen LogP contribution is 2.39. The van der Waals surface area contributed by atoms with E-state index in [9.17, 15) is 4.79 Å². The van der Waals surface area contributed by atoms with Crippen molar-refractivity contribution in [1.82, 2.24) is 5.16 Å². The summed E-state index contributed by atoms with van der Waals surface area (Å²) in [4.78, 5) is 10.6. The van der Waals surface area contributed by atoms with E-state index in [1.807, 2.05) is 12.1 Å². The van der Waals surface area contributed by atoms with Crippen molar-refractivity contribution in [3.8, 4) is 0 Å². The number of aromatic nitrogens is 1. The molecule has 1 saturated carbocycles. The molecule has 1 fully saturated rings. The molecule has 0 radical (unpaired) electrons. The summed E-state index contributed by atoms with van der Waals surface area (Å²) in [5.74, 6) is 0.644. The molecule has 0 aliphatic heterocycles. The van der Waals surface area contributed by atoms with Crippen LogP contribution in [-0.4, -0.2) is 16.2 Å². The standard InChI is InChI=1S/C13H13NO3/c15-12(16)7-8-4-5-10-11(6-8)14-17-13(10)9-2-1-3-9/h4-6,9H,1-3,7H2,(H,15,16). The number of carboxylic acid groups (broad SMARTS) is 1. The van der Waals surface area contributed by atoms with Gasteiger partial charge in [0.25, 0.3) is 0 Å². The van der Waals surface area contributed by atoms with Gasteiger partial charge in [0.05, 0.1) is 6.42 Å². The molecule has 2 aromatic rings. The predicted octanol–water partition coefficient (Wildman–Crippen LogP) is 2.72. The summed E-state index contributed by atoms with van der Waals surface area (Å²) in [6.45, 7) is 0. The molecule has 0 bridgehead atoms. The lowest BCUT2D eigenvalue weighted by Crippen LogP contribution is -2.07. The molecular weight excluding hydrogens is 218 g/mol. The molecule has 1 aliphatic carbocycles. The lowest BCUT2D eigenvalue weighted by molar-refractivity contribution is -0.136. The summed E-state index contributed by atoms with van der Waals surface area (Å²) >= 11 is 0. The smallest absolute Gasteiger partial charge is 0.307 e. The monoisotopic (exact) mass is 231 g/mol. The van der Waals surface area contributed by atoms with Crippen molar-refractivity contribution in [3.05, 3.63) is 29.5 Å². The Labute approximate surface area is 98.2 Å². The number of nitrogens with zero attached hydrogens (tertiary/aromatic N) is 1. The van der Waals surface area contributed by atoms with E-state index < -0.39 is 5.97 Å². The highest BCUT2D eigenvalue weighted by Gasteiger charge is 2.25. The number of carbonyl (C=O) groups is 1. The molecule has 88 valence electrons.